The van der Waals surface area contributed by atoms with Crippen molar-refractivity contribution in [1.29, 1.82) is 0 Å². The third-order valence-electron chi connectivity index (χ3n) is 6.09. The molecule has 0 radical (unpaired) electrons. The average molecular weight is 436 g/mol. The van der Waals surface area contributed by atoms with Crippen LogP contribution >= 0.6 is 0 Å². The van der Waals surface area contributed by atoms with Crippen LogP contribution in [0.2, 0.25) is 0 Å². The number of aliphatic hydroxyl groups excluding tert-OH is 1. The molecule has 0 aromatic heterocycles. The minimum Gasteiger partial charge on any atom is -0.396 e. The first kappa shape index (κ1) is 27.4. The Hall–Kier alpha value is -1.59. The topological polar surface area (TPSA) is 55.8 Å². The number of unbranched alkanes of at least 4 members (excludes halogenated alkanes) is 5. The van der Waals surface area contributed by atoms with Gasteiger partial charge in [0.2, 0.25) is 5.91 Å². The smallest absolute Gasteiger partial charge is 0.234 e. The van der Waals surface area contributed by atoms with Gasteiger partial charge in [0.1, 0.15) is 0 Å². The summed E-state index contributed by atoms with van der Waals surface area (Å²) in [4.78, 5) is 16.9. The van der Waals surface area contributed by atoms with Crippen LogP contribution in [-0.4, -0.2) is 61.8 Å². The summed E-state index contributed by atoms with van der Waals surface area (Å²) in [6, 6.07) is 9.01. The standard InChI is InChI=1S/C24H41N3O2.C2H6.H2/c1-3-21(2)22-10-12-23(13-11-22)27-17-15-26(16-18-27)20-24(29)25-14-8-6-4-5-7-9-19-28;1-2;/h10-13,21,28H,3-9,14-20H2,1-2H3,(H,25,29);1-2H3;1H. The molecule has 0 aliphatic carbocycles. The van der Waals surface area contributed by atoms with Gasteiger partial charge < -0.3 is 15.3 Å². The SMILES string of the molecule is CC.CCC(C)c1ccc(N2CCN(CC(=O)NCCCCCCCCO)CC2)cc1.[HH]. The van der Waals surface area contributed by atoms with Gasteiger partial charge in [-0.2, -0.15) is 0 Å². The zero-order chi connectivity index (χ0) is 22.9. The Bertz CT molecular complexity index is 575. The molecule has 1 saturated heterocycles. The second kappa shape index (κ2) is 17.0. The summed E-state index contributed by atoms with van der Waals surface area (Å²) in [5.41, 5.74) is 2.71. The van der Waals surface area contributed by atoms with E-state index >= 15 is 0 Å². The quantitative estimate of drug-likeness (QED) is 0.426. The number of carbonyl (C=O) groups excluding carboxylic acids is 1. The van der Waals surface area contributed by atoms with Crippen molar-refractivity contribution in [1.82, 2.24) is 10.2 Å². The van der Waals surface area contributed by atoms with E-state index in [4.69, 9.17) is 5.11 Å². The number of nitrogens with one attached hydrogen (secondary N) is 1. The highest BCUT2D eigenvalue weighted by molar-refractivity contribution is 5.78. The van der Waals surface area contributed by atoms with Gasteiger partial charge in [-0.3, -0.25) is 9.69 Å². The van der Waals surface area contributed by atoms with Crippen LogP contribution in [0.1, 0.15) is 85.5 Å². The maximum atomic E-state index is 12.2. The largest absolute Gasteiger partial charge is 0.396 e. The van der Waals surface area contributed by atoms with Crippen LogP contribution in [0.3, 0.4) is 0 Å². The normalized spacial score (nSPS) is 15.2. The summed E-state index contributed by atoms with van der Waals surface area (Å²) in [5, 5.41) is 11.8. The lowest BCUT2D eigenvalue weighted by Gasteiger charge is -2.35. The lowest BCUT2D eigenvalue weighted by atomic mass is 9.98. The molecule has 180 valence electrons. The van der Waals surface area contributed by atoms with Crippen LogP contribution in [0.25, 0.3) is 0 Å². The van der Waals surface area contributed by atoms with E-state index in [9.17, 15) is 4.79 Å². The maximum Gasteiger partial charge on any atom is 0.234 e. The highest BCUT2D eigenvalue weighted by atomic mass is 16.2. The van der Waals surface area contributed by atoms with Crippen LogP contribution < -0.4 is 10.2 Å². The summed E-state index contributed by atoms with van der Waals surface area (Å²) in [5.74, 6) is 0.766. The van der Waals surface area contributed by atoms with Crippen LogP contribution in [0, 0.1) is 0 Å². The molecule has 1 aliphatic heterocycles. The van der Waals surface area contributed by atoms with Gasteiger partial charge in [-0.1, -0.05) is 65.5 Å². The molecule has 1 unspecified atom stereocenters. The molecule has 2 N–H and O–H groups in total. The monoisotopic (exact) mass is 435 g/mol. The Kier molecular flexibility index (Phi) is 15.1. The highest BCUT2D eigenvalue weighted by Gasteiger charge is 2.19. The van der Waals surface area contributed by atoms with Gasteiger partial charge >= 0.3 is 0 Å². The minimum atomic E-state index is 0. The zero-order valence-corrected chi connectivity index (χ0v) is 20.5. The number of hydrogen-bond donors (Lipinski definition) is 2. The zero-order valence-electron chi connectivity index (χ0n) is 20.5. The van der Waals surface area contributed by atoms with Gasteiger partial charge in [-0.05, 0) is 42.9 Å². The van der Waals surface area contributed by atoms with E-state index < -0.39 is 0 Å². The number of carbonyl (C=O) groups is 1. The molecule has 0 bridgehead atoms. The van der Waals surface area contributed by atoms with Crippen LogP contribution in [-0.2, 0) is 4.79 Å². The molecule has 0 saturated carbocycles. The van der Waals surface area contributed by atoms with E-state index in [0.29, 0.717) is 19.1 Å². The second-order valence-electron chi connectivity index (χ2n) is 8.36. The average Bonchev–Trinajstić information content (AvgIpc) is 2.82. The molecule has 0 spiro atoms. The summed E-state index contributed by atoms with van der Waals surface area (Å²) in [6.45, 7) is 13.9. The maximum absolute atomic E-state index is 12.2. The number of benzene rings is 1. The molecule has 1 amide bonds. The van der Waals surface area contributed by atoms with Crippen molar-refractivity contribution in [3.05, 3.63) is 29.8 Å². The highest BCUT2D eigenvalue weighted by Crippen LogP contribution is 2.23. The Labute approximate surface area is 192 Å². The van der Waals surface area contributed by atoms with Crippen LogP contribution in [0.5, 0.6) is 0 Å². The lowest BCUT2D eigenvalue weighted by molar-refractivity contribution is -0.122. The van der Waals surface area contributed by atoms with Crippen molar-refractivity contribution in [2.75, 3.05) is 50.8 Å². The van der Waals surface area contributed by atoms with E-state index in [2.05, 4.69) is 53.2 Å². The Morgan fingerprint density at radius 1 is 1.00 bits per heavy atom. The van der Waals surface area contributed by atoms with Gasteiger partial charge in [0.15, 0.2) is 0 Å². The fraction of sp³-hybridized carbons (Fsp3) is 0.731. The third-order valence-corrected chi connectivity index (χ3v) is 6.09. The molecule has 1 atom stereocenters. The van der Waals surface area contributed by atoms with Gasteiger partial charge in [0.25, 0.3) is 0 Å². The van der Waals surface area contributed by atoms with Crippen molar-refractivity contribution in [2.45, 2.75) is 78.6 Å². The molecule has 2 rings (SSSR count). The molecular weight excluding hydrogens is 386 g/mol. The first-order valence-electron chi connectivity index (χ1n) is 12.6. The second-order valence-corrected chi connectivity index (χ2v) is 8.36. The molecule has 5 heteroatoms. The molecule has 1 aromatic carbocycles. The number of hydrogen-bond acceptors (Lipinski definition) is 4. The van der Waals surface area contributed by atoms with Crippen LogP contribution in [0.4, 0.5) is 5.69 Å². The van der Waals surface area contributed by atoms with E-state index in [-0.39, 0.29) is 7.33 Å². The van der Waals surface area contributed by atoms with Gasteiger partial charge in [0, 0.05) is 46.4 Å². The van der Waals surface area contributed by atoms with Gasteiger partial charge in [-0.25, -0.2) is 0 Å². The fourth-order valence-electron chi connectivity index (χ4n) is 3.84. The molecule has 5 nitrogen and oxygen atoms in total. The number of aliphatic hydroxyl groups is 1. The third kappa shape index (κ3) is 11.0. The molecule has 1 aromatic rings. The minimum absolute atomic E-state index is 0. The van der Waals surface area contributed by atoms with E-state index in [1.165, 1.54) is 30.5 Å². The summed E-state index contributed by atoms with van der Waals surface area (Å²) in [7, 11) is 0. The Morgan fingerprint density at radius 2 is 1.58 bits per heavy atom. The van der Waals surface area contributed by atoms with Crippen molar-refractivity contribution in [3.63, 3.8) is 0 Å². The molecule has 1 heterocycles. The predicted octanol–water partition coefficient (Wildman–Crippen LogP) is 5.04. The predicted molar refractivity (Wildman–Crippen MR) is 135 cm³/mol. The molecular formula is C26H49N3O2. The van der Waals surface area contributed by atoms with Crippen molar-refractivity contribution >= 4 is 11.6 Å². The van der Waals surface area contributed by atoms with Crippen molar-refractivity contribution in [2.24, 2.45) is 0 Å². The van der Waals surface area contributed by atoms with E-state index in [1.54, 1.807) is 0 Å². The summed E-state index contributed by atoms with van der Waals surface area (Å²) < 4.78 is 0. The number of nitrogens with zero attached hydrogens (tertiary/aromatic N) is 2. The van der Waals surface area contributed by atoms with Gasteiger partial charge in [0.05, 0.1) is 6.54 Å². The molecule has 31 heavy (non-hydrogen) atoms. The number of piperazine rings is 1. The summed E-state index contributed by atoms with van der Waals surface area (Å²) in [6.07, 6.45) is 7.76. The first-order valence-corrected chi connectivity index (χ1v) is 12.6. The lowest BCUT2D eigenvalue weighted by Crippen LogP contribution is -2.49. The fourth-order valence-corrected chi connectivity index (χ4v) is 3.84. The Morgan fingerprint density at radius 3 is 2.16 bits per heavy atom. The van der Waals surface area contributed by atoms with Crippen LogP contribution in [0.15, 0.2) is 24.3 Å². The van der Waals surface area contributed by atoms with E-state index in [1.807, 2.05) is 13.8 Å². The summed E-state index contributed by atoms with van der Waals surface area (Å²) >= 11 is 0. The van der Waals surface area contributed by atoms with Crippen molar-refractivity contribution < 1.29 is 11.3 Å². The first-order chi connectivity index (χ1) is 15.1. The molecule has 1 fully saturated rings. The molecule has 1 aliphatic rings. The van der Waals surface area contributed by atoms with Gasteiger partial charge in [-0.15, -0.1) is 0 Å². The Balaban J connectivity index is 0.00000311. The number of amides is 1. The van der Waals surface area contributed by atoms with Crippen molar-refractivity contribution in [3.8, 4) is 0 Å². The number of anilines is 1. The number of rotatable bonds is 13. The van der Waals surface area contributed by atoms with E-state index in [0.717, 1.165) is 58.4 Å².